The Bertz CT molecular complexity index is 888. The summed E-state index contributed by atoms with van der Waals surface area (Å²) in [4.78, 5) is 5.75. The Labute approximate surface area is 142 Å². The van der Waals surface area contributed by atoms with Gasteiger partial charge in [-0.2, -0.15) is 5.26 Å². The van der Waals surface area contributed by atoms with Crippen LogP contribution in [0.4, 0.5) is 0 Å². The van der Waals surface area contributed by atoms with Gasteiger partial charge in [0.25, 0.3) is 0 Å². The number of aromatic amines is 1. The van der Waals surface area contributed by atoms with Gasteiger partial charge in [0.05, 0.1) is 11.6 Å². The first kappa shape index (κ1) is 15.0. The number of nitrogens with zero attached hydrogens (tertiary/aromatic N) is 2. The average molecular weight is 315 g/mol. The Morgan fingerprint density at radius 1 is 1.21 bits per heavy atom. The summed E-state index contributed by atoms with van der Waals surface area (Å²) in [6.45, 7) is 2.13. The average Bonchev–Trinajstić information content (AvgIpc) is 3.22. The zero-order valence-electron chi connectivity index (χ0n) is 13.9. The maximum Gasteiger partial charge on any atom is 0.0992 e. The molecular weight excluding hydrogens is 294 g/mol. The smallest absolute Gasteiger partial charge is 0.0992 e. The molecule has 1 fully saturated rings. The predicted molar refractivity (Wildman–Crippen MR) is 96.6 cm³/mol. The van der Waals surface area contributed by atoms with E-state index in [-0.39, 0.29) is 0 Å². The zero-order valence-corrected chi connectivity index (χ0v) is 13.9. The number of rotatable bonds is 5. The minimum atomic E-state index is 0.643. The van der Waals surface area contributed by atoms with Gasteiger partial charge >= 0.3 is 0 Å². The fraction of sp³-hybridized carbons (Fsp3) is 0.286. The van der Waals surface area contributed by atoms with E-state index in [0.717, 1.165) is 24.5 Å². The second-order valence-electron chi connectivity index (χ2n) is 6.90. The van der Waals surface area contributed by atoms with Crippen LogP contribution in [0.1, 0.15) is 29.0 Å². The molecule has 3 heteroatoms. The number of nitriles is 1. The number of hydrogen-bond acceptors (Lipinski definition) is 2. The Kier molecular flexibility index (Phi) is 3.84. The van der Waals surface area contributed by atoms with Crippen molar-refractivity contribution in [2.75, 3.05) is 13.6 Å². The fourth-order valence-electron chi connectivity index (χ4n) is 3.72. The normalized spacial score (nSPS) is 19.5. The number of H-pyrrole nitrogens is 1. The van der Waals surface area contributed by atoms with Crippen molar-refractivity contribution >= 4 is 10.9 Å². The lowest BCUT2D eigenvalue weighted by atomic mass is 10.1. The Morgan fingerprint density at radius 2 is 2.04 bits per heavy atom. The first-order chi connectivity index (χ1) is 11.7. The van der Waals surface area contributed by atoms with Crippen LogP contribution in [-0.4, -0.2) is 23.5 Å². The summed E-state index contributed by atoms with van der Waals surface area (Å²) in [5.41, 5.74) is 4.57. The van der Waals surface area contributed by atoms with E-state index >= 15 is 0 Å². The lowest BCUT2D eigenvalue weighted by Gasteiger charge is -2.16. The van der Waals surface area contributed by atoms with Gasteiger partial charge in [-0.1, -0.05) is 36.4 Å². The summed E-state index contributed by atoms with van der Waals surface area (Å²) in [6.07, 6.45) is 3.39. The van der Waals surface area contributed by atoms with Crippen molar-refractivity contribution in [2.24, 2.45) is 5.92 Å². The molecule has 0 saturated heterocycles. The van der Waals surface area contributed by atoms with Gasteiger partial charge in [0.2, 0.25) is 0 Å². The predicted octanol–water partition coefficient (Wildman–Crippen LogP) is 4.28. The van der Waals surface area contributed by atoms with E-state index in [1.165, 1.54) is 22.9 Å². The van der Waals surface area contributed by atoms with E-state index in [2.05, 4.69) is 65.6 Å². The number of fused-ring (bicyclic) bond motifs is 1. The van der Waals surface area contributed by atoms with E-state index < -0.39 is 0 Å². The quantitative estimate of drug-likeness (QED) is 0.764. The molecule has 0 bridgehead atoms. The number of aromatic nitrogens is 1. The lowest BCUT2D eigenvalue weighted by molar-refractivity contribution is 0.311. The van der Waals surface area contributed by atoms with Crippen molar-refractivity contribution in [1.29, 1.82) is 5.26 Å². The summed E-state index contributed by atoms with van der Waals surface area (Å²) in [5, 5.41) is 10.3. The van der Waals surface area contributed by atoms with E-state index in [9.17, 15) is 0 Å². The maximum atomic E-state index is 9.02. The van der Waals surface area contributed by atoms with Crippen LogP contribution in [0.15, 0.2) is 54.7 Å². The monoisotopic (exact) mass is 315 g/mol. The molecule has 24 heavy (non-hydrogen) atoms. The van der Waals surface area contributed by atoms with Crippen molar-refractivity contribution in [3.8, 4) is 6.07 Å². The first-order valence-corrected chi connectivity index (χ1v) is 8.48. The van der Waals surface area contributed by atoms with Gasteiger partial charge in [-0.25, -0.2) is 0 Å². The highest BCUT2D eigenvalue weighted by Crippen LogP contribution is 2.49. The fourth-order valence-corrected chi connectivity index (χ4v) is 3.72. The number of nitrogens with one attached hydrogen (secondary N) is 1. The molecule has 0 unspecified atom stereocenters. The van der Waals surface area contributed by atoms with Gasteiger partial charge in [0.15, 0.2) is 0 Å². The van der Waals surface area contributed by atoms with Gasteiger partial charge in [0, 0.05) is 30.2 Å². The Hall–Kier alpha value is -2.57. The Morgan fingerprint density at radius 3 is 2.83 bits per heavy atom. The SMILES string of the molecule is CN(Cc1ccccc1)C[C@@H]1C[C@H]1c1c[nH]c2cc(C#N)ccc12. The summed E-state index contributed by atoms with van der Waals surface area (Å²) >= 11 is 0. The third-order valence-electron chi connectivity index (χ3n) is 5.01. The topological polar surface area (TPSA) is 42.8 Å². The van der Waals surface area contributed by atoms with Crippen molar-refractivity contribution in [3.05, 3.63) is 71.4 Å². The molecule has 1 saturated carbocycles. The third-order valence-corrected chi connectivity index (χ3v) is 5.01. The summed E-state index contributed by atoms with van der Waals surface area (Å²) in [5.74, 6) is 1.37. The van der Waals surface area contributed by atoms with Crippen LogP contribution < -0.4 is 0 Å². The second-order valence-corrected chi connectivity index (χ2v) is 6.90. The van der Waals surface area contributed by atoms with Crippen LogP contribution in [0.2, 0.25) is 0 Å². The molecule has 1 aromatic heterocycles. The van der Waals surface area contributed by atoms with Gasteiger partial charge < -0.3 is 9.88 Å². The highest BCUT2D eigenvalue weighted by molar-refractivity contribution is 5.85. The van der Waals surface area contributed by atoms with E-state index in [1.54, 1.807) is 0 Å². The summed E-state index contributed by atoms with van der Waals surface area (Å²) in [7, 11) is 2.21. The molecule has 0 radical (unpaired) electrons. The van der Waals surface area contributed by atoms with E-state index in [0.29, 0.717) is 11.5 Å². The van der Waals surface area contributed by atoms with Crippen LogP contribution in [0.5, 0.6) is 0 Å². The molecule has 0 aliphatic heterocycles. The highest BCUT2D eigenvalue weighted by Gasteiger charge is 2.40. The van der Waals surface area contributed by atoms with Crippen LogP contribution in [0, 0.1) is 17.2 Å². The Balaban J connectivity index is 1.42. The molecule has 2 atom stereocenters. The molecule has 1 aliphatic rings. The van der Waals surface area contributed by atoms with Crippen molar-refractivity contribution < 1.29 is 0 Å². The molecule has 3 aromatic rings. The van der Waals surface area contributed by atoms with Crippen molar-refractivity contribution in [3.63, 3.8) is 0 Å². The molecule has 0 spiro atoms. The molecule has 1 heterocycles. The van der Waals surface area contributed by atoms with Gasteiger partial charge in [-0.3, -0.25) is 0 Å². The molecule has 120 valence electrons. The number of benzene rings is 2. The molecule has 1 aliphatic carbocycles. The van der Waals surface area contributed by atoms with Gasteiger partial charge in [-0.15, -0.1) is 0 Å². The van der Waals surface area contributed by atoms with Crippen LogP contribution in [-0.2, 0) is 6.54 Å². The van der Waals surface area contributed by atoms with Gasteiger partial charge in [0.1, 0.15) is 0 Å². The molecule has 3 nitrogen and oxygen atoms in total. The lowest BCUT2D eigenvalue weighted by Crippen LogP contribution is -2.20. The third kappa shape index (κ3) is 2.93. The van der Waals surface area contributed by atoms with E-state index in [1.807, 2.05) is 12.1 Å². The minimum Gasteiger partial charge on any atom is -0.361 e. The molecule has 0 amide bonds. The maximum absolute atomic E-state index is 9.02. The largest absolute Gasteiger partial charge is 0.361 e. The van der Waals surface area contributed by atoms with Crippen LogP contribution >= 0.6 is 0 Å². The summed E-state index contributed by atoms with van der Waals surface area (Å²) < 4.78 is 0. The van der Waals surface area contributed by atoms with E-state index in [4.69, 9.17) is 5.26 Å². The summed E-state index contributed by atoms with van der Waals surface area (Å²) in [6, 6.07) is 18.8. The highest BCUT2D eigenvalue weighted by atomic mass is 15.1. The molecule has 2 aromatic carbocycles. The van der Waals surface area contributed by atoms with Crippen molar-refractivity contribution in [2.45, 2.75) is 18.9 Å². The second kappa shape index (κ2) is 6.14. The van der Waals surface area contributed by atoms with Crippen LogP contribution in [0.3, 0.4) is 0 Å². The minimum absolute atomic E-state index is 0.643. The van der Waals surface area contributed by atoms with Gasteiger partial charge in [-0.05, 0) is 48.6 Å². The molecule has 4 rings (SSSR count). The zero-order chi connectivity index (χ0) is 16.5. The first-order valence-electron chi connectivity index (χ1n) is 8.48. The molecule has 1 N–H and O–H groups in total. The van der Waals surface area contributed by atoms with Crippen LogP contribution in [0.25, 0.3) is 10.9 Å². The molecular formula is C21H21N3. The number of hydrogen-bond donors (Lipinski definition) is 1. The standard InChI is InChI=1S/C21H21N3/c1-24(13-15-5-3-2-4-6-15)14-17-10-19(17)20-12-23-21-9-16(11-22)7-8-18(20)21/h2-9,12,17,19,23H,10,13-14H2,1H3/t17-,19+/m0/s1. The van der Waals surface area contributed by atoms with Crippen molar-refractivity contribution in [1.82, 2.24) is 9.88 Å².